The van der Waals surface area contributed by atoms with E-state index in [4.69, 9.17) is 9.47 Å². The smallest absolute Gasteiger partial charge is 0.257 e. The molecule has 190 valence electrons. The summed E-state index contributed by atoms with van der Waals surface area (Å²) in [6.45, 7) is 8.51. The Morgan fingerprint density at radius 1 is 1.23 bits per heavy atom. The lowest BCUT2D eigenvalue weighted by Crippen LogP contribution is -2.46. The lowest BCUT2D eigenvalue weighted by Gasteiger charge is -2.35. The van der Waals surface area contributed by atoms with Gasteiger partial charge in [-0.05, 0) is 43.5 Å². The van der Waals surface area contributed by atoms with Crippen LogP contribution in [0.3, 0.4) is 0 Å². The molecule has 0 saturated heterocycles. The third kappa shape index (κ3) is 7.26. The zero-order chi connectivity index (χ0) is 25.4. The number of carbonyl (C=O) groups is 2. The molecule has 0 unspecified atom stereocenters. The molecule has 2 aromatic rings. The van der Waals surface area contributed by atoms with Gasteiger partial charge in [0.05, 0.1) is 17.4 Å². The molecule has 8 nitrogen and oxygen atoms in total. The number of likely N-dealkylation sites (N-methyl/N-ethyl adjacent to an activating group) is 1. The quantitative estimate of drug-likeness (QED) is 0.674. The first-order chi connectivity index (χ1) is 16.8. The maximum absolute atomic E-state index is 13.3. The molecule has 2 amide bonds. The third-order valence-electron chi connectivity index (χ3n) is 6.43. The molecule has 2 heterocycles. The van der Waals surface area contributed by atoms with Crippen molar-refractivity contribution in [3.63, 3.8) is 0 Å². The van der Waals surface area contributed by atoms with Crippen LogP contribution in [0, 0.1) is 5.92 Å². The van der Waals surface area contributed by atoms with Gasteiger partial charge < -0.3 is 19.7 Å². The molecule has 0 saturated carbocycles. The molecule has 0 spiro atoms. The number of fused-ring (bicyclic) bond motifs is 1. The van der Waals surface area contributed by atoms with Gasteiger partial charge >= 0.3 is 0 Å². The van der Waals surface area contributed by atoms with E-state index in [1.54, 1.807) is 43.5 Å². The second-order valence-corrected chi connectivity index (χ2v) is 9.36. The van der Waals surface area contributed by atoms with Gasteiger partial charge in [-0.1, -0.05) is 19.9 Å². The van der Waals surface area contributed by atoms with Gasteiger partial charge in [-0.15, -0.1) is 0 Å². The van der Waals surface area contributed by atoms with Gasteiger partial charge in [-0.2, -0.15) is 0 Å². The minimum absolute atomic E-state index is 0.0513. The molecule has 1 aliphatic rings. The normalized spacial score (nSPS) is 21.9. The van der Waals surface area contributed by atoms with E-state index in [0.717, 1.165) is 18.7 Å². The number of nitrogens with one attached hydrogen (secondary N) is 1. The van der Waals surface area contributed by atoms with Crippen molar-refractivity contribution in [2.45, 2.75) is 52.3 Å². The zero-order valence-electron chi connectivity index (χ0n) is 21.5. The molecule has 35 heavy (non-hydrogen) atoms. The molecule has 0 bridgehead atoms. The molecule has 0 fully saturated rings. The number of aromatic nitrogens is 1. The first-order valence-corrected chi connectivity index (χ1v) is 12.3. The second kappa shape index (κ2) is 12.7. The Balaban J connectivity index is 1.92. The van der Waals surface area contributed by atoms with Crippen molar-refractivity contribution in [2.75, 3.05) is 39.2 Å². The molecular weight excluding hydrogens is 444 g/mol. The fourth-order valence-electron chi connectivity index (χ4n) is 4.30. The summed E-state index contributed by atoms with van der Waals surface area (Å²) in [4.78, 5) is 34.0. The summed E-state index contributed by atoms with van der Waals surface area (Å²) in [6, 6.07) is 11.2. The summed E-state index contributed by atoms with van der Waals surface area (Å²) in [5.74, 6) is 0.440. The van der Waals surface area contributed by atoms with Gasteiger partial charge in [0.1, 0.15) is 12.4 Å². The van der Waals surface area contributed by atoms with Crippen LogP contribution >= 0.6 is 0 Å². The minimum atomic E-state index is -0.140. The van der Waals surface area contributed by atoms with Crippen LogP contribution in [0.25, 0.3) is 0 Å². The monoisotopic (exact) mass is 482 g/mol. The van der Waals surface area contributed by atoms with E-state index in [1.165, 1.54) is 0 Å². The number of benzene rings is 1. The maximum atomic E-state index is 13.3. The number of carbonyl (C=O) groups excluding carboxylic acids is 2. The molecule has 0 aliphatic carbocycles. The third-order valence-corrected chi connectivity index (χ3v) is 6.43. The van der Waals surface area contributed by atoms with Gasteiger partial charge in [0.15, 0.2) is 0 Å². The number of hydrogen-bond acceptors (Lipinski definition) is 6. The fourth-order valence-corrected chi connectivity index (χ4v) is 4.30. The number of nitrogens with zero attached hydrogens (tertiary/aromatic N) is 3. The second-order valence-electron chi connectivity index (χ2n) is 9.36. The van der Waals surface area contributed by atoms with E-state index < -0.39 is 0 Å². The van der Waals surface area contributed by atoms with Gasteiger partial charge in [0.2, 0.25) is 5.91 Å². The van der Waals surface area contributed by atoms with Crippen molar-refractivity contribution in [1.29, 1.82) is 0 Å². The van der Waals surface area contributed by atoms with Crippen LogP contribution < -0.4 is 10.1 Å². The van der Waals surface area contributed by atoms with E-state index >= 15 is 0 Å². The van der Waals surface area contributed by atoms with Crippen molar-refractivity contribution in [2.24, 2.45) is 5.92 Å². The van der Waals surface area contributed by atoms with Crippen LogP contribution in [0.5, 0.6) is 5.75 Å². The van der Waals surface area contributed by atoms with Crippen LogP contribution in [0.2, 0.25) is 0 Å². The fraction of sp³-hybridized carbons (Fsp3) is 0.519. The summed E-state index contributed by atoms with van der Waals surface area (Å²) in [5.41, 5.74) is 2.07. The van der Waals surface area contributed by atoms with Crippen LogP contribution in [0.4, 0.5) is 5.69 Å². The Morgan fingerprint density at radius 2 is 2.03 bits per heavy atom. The van der Waals surface area contributed by atoms with Gasteiger partial charge in [-0.25, -0.2) is 0 Å². The Hall–Kier alpha value is -2.97. The molecule has 1 aromatic heterocycles. The number of methoxy groups -OCH3 is 1. The standard InChI is InChI=1S/C27H38N4O4/c1-6-9-26(32)29-21-11-12-23-24(14-21)35-18-20(3)31(16-22-10-7-8-13-28-22)15-19(2)25(34-5)17-30(4)27(23)33/h7-8,10-14,19-20,25H,6,9,15-18H2,1-5H3,(H,29,32)/t19-,20-,25+/m1/s1. The number of rotatable bonds is 6. The van der Waals surface area contributed by atoms with Gasteiger partial charge in [0.25, 0.3) is 5.91 Å². The van der Waals surface area contributed by atoms with Crippen LogP contribution in [-0.2, 0) is 16.1 Å². The van der Waals surface area contributed by atoms with Crippen molar-refractivity contribution < 1.29 is 19.1 Å². The summed E-state index contributed by atoms with van der Waals surface area (Å²) < 4.78 is 12.1. The van der Waals surface area contributed by atoms with E-state index in [1.807, 2.05) is 25.1 Å². The van der Waals surface area contributed by atoms with E-state index in [9.17, 15) is 9.59 Å². The molecule has 0 radical (unpaired) electrons. The van der Waals surface area contributed by atoms with E-state index in [0.29, 0.717) is 43.1 Å². The summed E-state index contributed by atoms with van der Waals surface area (Å²) in [7, 11) is 3.47. The predicted octanol–water partition coefficient (Wildman–Crippen LogP) is 3.83. The van der Waals surface area contributed by atoms with Gasteiger partial charge in [-0.3, -0.25) is 19.5 Å². The first kappa shape index (κ1) is 26.6. The van der Waals surface area contributed by atoms with Crippen molar-refractivity contribution in [3.8, 4) is 5.75 Å². The molecular formula is C27H38N4O4. The lowest BCUT2D eigenvalue weighted by atomic mass is 10.0. The summed E-state index contributed by atoms with van der Waals surface area (Å²) >= 11 is 0. The van der Waals surface area contributed by atoms with Crippen LogP contribution in [-0.4, -0.2) is 72.6 Å². The molecule has 3 atom stereocenters. The number of ether oxygens (including phenoxy) is 2. The molecule has 1 N–H and O–H groups in total. The highest BCUT2D eigenvalue weighted by atomic mass is 16.5. The number of anilines is 1. The lowest BCUT2D eigenvalue weighted by molar-refractivity contribution is -0.116. The number of amides is 2. The molecule has 8 heteroatoms. The summed E-state index contributed by atoms with van der Waals surface area (Å²) in [6.07, 6.45) is 2.88. The Labute approximate surface area is 208 Å². The Bertz CT molecular complexity index is 984. The van der Waals surface area contributed by atoms with Crippen molar-refractivity contribution >= 4 is 17.5 Å². The van der Waals surface area contributed by atoms with E-state index in [2.05, 4.69) is 29.0 Å². The largest absolute Gasteiger partial charge is 0.491 e. The highest BCUT2D eigenvalue weighted by Crippen LogP contribution is 2.27. The van der Waals surface area contributed by atoms with Crippen molar-refractivity contribution in [3.05, 3.63) is 53.9 Å². The highest BCUT2D eigenvalue weighted by molar-refractivity contribution is 5.98. The van der Waals surface area contributed by atoms with E-state index in [-0.39, 0.29) is 29.9 Å². The van der Waals surface area contributed by atoms with Gasteiger partial charge in [0, 0.05) is 64.2 Å². The number of pyridine rings is 1. The predicted molar refractivity (Wildman–Crippen MR) is 137 cm³/mol. The van der Waals surface area contributed by atoms with Crippen LogP contribution in [0.1, 0.15) is 49.7 Å². The molecule has 3 rings (SSSR count). The molecule has 1 aliphatic heterocycles. The highest BCUT2D eigenvalue weighted by Gasteiger charge is 2.28. The zero-order valence-corrected chi connectivity index (χ0v) is 21.5. The Kier molecular flexibility index (Phi) is 9.63. The number of hydrogen-bond donors (Lipinski definition) is 1. The first-order valence-electron chi connectivity index (χ1n) is 12.3. The average molecular weight is 483 g/mol. The maximum Gasteiger partial charge on any atom is 0.257 e. The minimum Gasteiger partial charge on any atom is -0.491 e. The molecule has 1 aromatic carbocycles. The van der Waals surface area contributed by atoms with Crippen molar-refractivity contribution in [1.82, 2.24) is 14.8 Å². The topological polar surface area (TPSA) is 84.0 Å². The summed E-state index contributed by atoms with van der Waals surface area (Å²) in [5, 5.41) is 2.90. The van der Waals surface area contributed by atoms with Crippen LogP contribution in [0.15, 0.2) is 42.6 Å². The Morgan fingerprint density at radius 3 is 2.71 bits per heavy atom. The SMILES string of the molecule is CCCC(=O)Nc1ccc2c(c1)OC[C@@H](C)N(Cc1ccccn1)C[C@@H](C)[C@@H](OC)CN(C)C2=O. The average Bonchev–Trinajstić information content (AvgIpc) is 2.85.